The minimum absolute atomic E-state index is 0.142. The summed E-state index contributed by atoms with van der Waals surface area (Å²) in [6, 6.07) is 14.9. The number of imide groups is 1. The van der Waals surface area contributed by atoms with E-state index in [9.17, 15) is 19.5 Å². The van der Waals surface area contributed by atoms with Gasteiger partial charge in [0.05, 0.1) is 5.92 Å². The fourth-order valence-corrected chi connectivity index (χ4v) is 4.24. The number of likely N-dealkylation sites (N-methyl/N-ethyl adjacent to an activating group) is 1. The molecule has 1 atom stereocenters. The fraction of sp³-hybridized carbons (Fsp3) is 0.318. The molecule has 1 aliphatic rings. The summed E-state index contributed by atoms with van der Waals surface area (Å²) in [5, 5.41) is 10.3. The molecule has 0 aliphatic carbocycles. The number of carbonyl (C=O) groups excluding carboxylic acids is 2. The van der Waals surface area contributed by atoms with Crippen LogP contribution in [0.1, 0.15) is 13.8 Å². The van der Waals surface area contributed by atoms with E-state index in [1.54, 1.807) is 20.9 Å². The Morgan fingerprint density at radius 3 is 2.07 bits per heavy atom. The maximum absolute atomic E-state index is 12.5. The first-order valence-electron chi connectivity index (χ1n) is 9.42. The first-order valence-corrected chi connectivity index (χ1v) is 10.8. The molecule has 0 radical (unpaired) electrons. The standard InChI is InChI=1S/C22H23ClN2O4S/c1-22(2)20(28)25(21(29)24(22)3)12-16(19(26)27)13-30-18-10-6-15(7-11-18)14-4-8-17(23)9-5-14/h4-11,16H,12-13H2,1-3H3,(H,26,27). The molecule has 0 bridgehead atoms. The Morgan fingerprint density at radius 1 is 1.07 bits per heavy atom. The van der Waals surface area contributed by atoms with E-state index < -0.39 is 23.5 Å². The predicted molar refractivity (Wildman–Crippen MR) is 118 cm³/mol. The van der Waals surface area contributed by atoms with Crippen molar-refractivity contribution in [2.45, 2.75) is 24.3 Å². The summed E-state index contributed by atoms with van der Waals surface area (Å²) in [4.78, 5) is 40.0. The van der Waals surface area contributed by atoms with Crippen LogP contribution in [-0.4, -0.2) is 57.7 Å². The summed E-state index contributed by atoms with van der Waals surface area (Å²) in [7, 11) is 1.55. The summed E-state index contributed by atoms with van der Waals surface area (Å²) in [6.45, 7) is 3.16. The maximum atomic E-state index is 12.5. The van der Waals surface area contributed by atoms with E-state index in [-0.39, 0.29) is 18.2 Å². The van der Waals surface area contributed by atoms with Crippen LogP contribution in [0.5, 0.6) is 0 Å². The molecule has 0 spiro atoms. The molecule has 1 saturated heterocycles. The van der Waals surface area contributed by atoms with Gasteiger partial charge in [-0.1, -0.05) is 35.9 Å². The number of carboxylic acids is 1. The van der Waals surface area contributed by atoms with Gasteiger partial charge in [0.1, 0.15) is 5.54 Å². The second-order valence-corrected chi connectivity index (χ2v) is 9.22. The van der Waals surface area contributed by atoms with Crippen molar-refractivity contribution >= 4 is 41.3 Å². The lowest BCUT2D eigenvalue weighted by Gasteiger charge is -2.22. The Labute approximate surface area is 184 Å². The van der Waals surface area contributed by atoms with Crippen LogP contribution in [-0.2, 0) is 9.59 Å². The highest BCUT2D eigenvalue weighted by Gasteiger charge is 2.50. The van der Waals surface area contributed by atoms with E-state index in [1.807, 2.05) is 48.5 Å². The van der Waals surface area contributed by atoms with Crippen LogP contribution >= 0.6 is 23.4 Å². The first kappa shape index (κ1) is 22.2. The Hall–Kier alpha value is -2.51. The van der Waals surface area contributed by atoms with Crippen molar-refractivity contribution in [2.24, 2.45) is 5.92 Å². The summed E-state index contributed by atoms with van der Waals surface area (Å²) < 4.78 is 0. The molecule has 1 unspecified atom stereocenters. The van der Waals surface area contributed by atoms with E-state index in [1.165, 1.54) is 16.7 Å². The summed E-state index contributed by atoms with van der Waals surface area (Å²) in [6.07, 6.45) is 0. The molecule has 2 aromatic rings. The van der Waals surface area contributed by atoms with Gasteiger partial charge >= 0.3 is 12.0 Å². The van der Waals surface area contributed by atoms with Crippen LogP contribution in [0, 0.1) is 5.92 Å². The third kappa shape index (κ3) is 4.47. The second kappa shape index (κ2) is 8.70. The van der Waals surface area contributed by atoms with Crippen molar-refractivity contribution in [3.8, 4) is 11.1 Å². The quantitative estimate of drug-likeness (QED) is 0.501. The second-order valence-electron chi connectivity index (χ2n) is 7.69. The van der Waals surface area contributed by atoms with E-state index in [4.69, 9.17) is 11.6 Å². The number of aliphatic carboxylic acids is 1. The van der Waals surface area contributed by atoms with E-state index in [2.05, 4.69) is 0 Å². The number of urea groups is 1. The van der Waals surface area contributed by atoms with Crippen molar-refractivity contribution in [3.05, 3.63) is 53.6 Å². The number of carbonyl (C=O) groups is 3. The van der Waals surface area contributed by atoms with Crippen LogP contribution in [0.25, 0.3) is 11.1 Å². The summed E-state index contributed by atoms with van der Waals surface area (Å²) in [5.41, 5.74) is 1.10. The zero-order chi connectivity index (χ0) is 22.1. The number of hydrogen-bond acceptors (Lipinski definition) is 4. The smallest absolute Gasteiger partial charge is 0.327 e. The van der Waals surface area contributed by atoms with Crippen LogP contribution in [0.15, 0.2) is 53.4 Å². The molecule has 6 nitrogen and oxygen atoms in total. The van der Waals surface area contributed by atoms with Gasteiger partial charge in [-0.15, -0.1) is 11.8 Å². The molecule has 1 fully saturated rings. The molecule has 1 aliphatic heterocycles. The van der Waals surface area contributed by atoms with Crippen molar-refractivity contribution in [1.29, 1.82) is 0 Å². The fourth-order valence-electron chi connectivity index (χ4n) is 3.15. The maximum Gasteiger partial charge on any atom is 0.327 e. The van der Waals surface area contributed by atoms with Crippen LogP contribution in [0.3, 0.4) is 0 Å². The van der Waals surface area contributed by atoms with E-state index in [0.717, 1.165) is 20.9 Å². The third-order valence-electron chi connectivity index (χ3n) is 5.36. The van der Waals surface area contributed by atoms with Crippen molar-refractivity contribution in [3.63, 3.8) is 0 Å². The minimum Gasteiger partial charge on any atom is -0.481 e. The third-order valence-corrected chi connectivity index (χ3v) is 6.79. The molecule has 0 saturated carbocycles. The van der Waals surface area contributed by atoms with Gasteiger partial charge in [-0.2, -0.15) is 0 Å². The number of rotatable bonds is 7. The van der Waals surface area contributed by atoms with Gasteiger partial charge < -0.3 is 10.0 Å². The molecule has 30 heavy (non-hydrogen) atoms. The number of benzene rings is 2. The molecule has 3 amide bonds. The Bertz CT molecular complexity index is 960. The Morgan fingerprint density at radius 2 is 1.60 bits per heavy atom. The lowest BCUT2D eigenvalue weighted by molar-refractivity contribution is -0.142. The van der Waals surface area contributed by atoms with Crippen molar-refractivity contribution < 1.29 is 19.5 Å². The highest BCUT2D eigenvalue weighted by Crippen LogP contribution is 2.29. The molecule has 0 aromatic heterocycles. The number of thioether (sulfide) groups is 1. The number of halogens is 1. The van der Waals surface area contributed by atoms with Crippen LogP contribution in [0.4, 0.5) is 4.79 Å². The molecule has 158 valence electrons. The van der Waals surface area contributed by atoms with Gasteiger partial charge in [-0.3, -0.25) is 14.5 Å². The molecule has 8 heteroatoms. The molecule has 2 aromatic carbocycles. The zero-order valence-electron chi connectivity index (χ0n) is 17.0. The molecular formula is C22H23ClN2O4S. The van der Waals surface area contributed by atoms with E-state index >= 15 is 0 Å². The van der Waals surface area contributed by atoms with Gasteiger partial charge in [0.2, 0.25) is 0 Å². The van der Waals surface area contributed by atoms with Gasteiger partial charge in [0.15, 0.2) is 0 Å². The first-order chi connectivity index (χ1) is 14.1. The van der Waals surface area contributed by atoms with Crippen molar-refractivity contribution in [1.82, 2.24) is 9.80 Å². The van der Waals surface area contributed by atoms with Gasteiger partial charge in [-0.25, -0.2) is 4.79 Å². The average Bonchev–Trinajstić information content (AvgIpc) is 2.86. The average molecular weight is 447 g/mol. The van der Waals surface area contributed by atoms with Crippen molar-refractivity contribution in [2.75, 3.05) is 19.3 Å². The molecule has 1 N–H and O–H groups in total. The molecular weight excluding hydrogens is 424 g/mol. The summed E-state index contributed by atoms with van der Waals surface area (Å²) in [5.74, 6) is -2.02. The number of carboxylic acid groups (broad SMARTS) is 1. The lowest BCUT2D eigenvalue weighted by atomic mass is 10.0. The van der Waals surface area contributed by atoms with Gasteiger partial charge in [-0.05, 0) is 49.2 Å². The van der Waals surface area contributed by atoms with Gasteiger partial charge in [0, 0.05) is 29.3 Å². The topological polar surface area (TPSA) is 77.9 Å². The van der Waals surface area contributed by atoms with Crippen LogP contribution in [0.2, 0.25) is 5.02 Å². The Balaban J connectivity index is 1.65. The number of hydrogen-bond donors (Lipinski definition) is 1. The Kier molecular flexibility index (Phi) is 6.43. The van der Waals surface area contributed by atoms with Crippen LogP contribution < -0.4 is 0 Å². The largest absolute Gasteiger partial charge is 0.481 e. The number of amides is 3. The lowest BCUT2D eigenvalue weighted by Crippen LogP contribution is -2.42. The van der Waals surface area contributed by atoms with E-state index in [0.29, 0.717) is 5.02 Å². The number of nitrogens with zero attached hydrogens (tertiary/aromatic N) is 2. The van der Waals surface area contributed by atoms with Gasteiger partial charge in [0.25, 0.3) is 5.91 Å². The normalized spacial score (nSPS) is 16.8. The molecule has 1 heterocycles. The highest BCUT2D eigenvalue weighted by atomic mass is 35.5. The predicted octanol–water partition coefficient (Wildman–Crippen LogP) is 4.47. The molecule has 3 rings (SSSR count). The zero-order valence-corrected chi connectivity index (χ0v) is 18.5. The monoisotopic (exact) mass is 446 g/mol. The minimum atomic E-state index is -1.03. The summed E-state index contributed by atoms with van der Waals surface area (Å²) >= 11 is 7.31. The highest BCUT2D eigenvalue weighted by molar-refractivity contribution is 7.99. The SMILES string of the molecule is CN1C(=O)N(CC(CSc2ccc(-c3ccc(Cl)cc3)cc2)C(=O)O)C(=O)C1(C)C.